The summed E-state index contributed by atoms with van der Waals surface area (Å²) in [5.74, 6) is -0.158. The van der Waals surface area contributed by atoms with Crippen molar-refractivity contribution in [1.82, 2.24) is 9.21 Å². The Morgan fingerprint density at radius 3 is 2.22 bits per heavy atom. The number of amides is 1. The van der Waals surface area contributed by atoms with Crippen LogP contribution in [-0.2, 0) is 20.6 Å². The minimum absolute atomic E-state index is 0.0792. The van der Waals surface area contributed by atoms with E-state index < -0.39 is 10.0 Å². The maximum absolute atomic E-state index is 12.9. The van der Waals surface area contributed by atoms with E-state index in [0.717, 1.165) is 0 Å². The topological polar surface area (TPSA) is 57.7 Å². The Kier molecular flexibility index (Phi) is 5.75. The molecule has 0 unspecified atom stereocenters. The third kappa shape index (κ3) is 5.00. The van der Waals surface area contributed by atoms with E-state index in [1.54, 1.807) is 4.90 Å². The molecule has 1 amide bonds. The van der Waals surface area contributed by atoms with E-state index in [1.807, 2.05) is 13.8 Å². The Bertz CT molecular complexity index is 636. The largest absolute Gasteiger partial charge is 0.340 e. The number of carbonyl (C=O) groups excluding carboxylic acids is 1. The van der Waals surface area contributed by atoms with Crippen molar-refractivity contribution in [2.75, 3.05) is 26.2 Å². The van der Waals surface area contributed by atoms with Crippen molar-refractivity contribution < 1.29 is 17.6 Å². The summed E-state index contributed by atoms with van der Waals surface area (Å²) in [6, 6.07) is 5.48. The molecule has 2 rings (SSSR count). The van der Waals surface area contributed by atoms with Crippen molar-refractivity contribution >= 4 is 15.9 Å². The first-order valence-electron chi connectivity index (χ1n) is 7.78. The lowest BCUT2D eigenvalue weighted by molar-refractivity contribution is -0.133. The number of benzene rings is 1. The zero-order valence-electron chi connectivity index (χ0n) is 13.5. The van der Waals surface area contributed by atoms with Crippen LogP contribution in [0.1, 0.15) is 25.8 Å². The Morgan fingerprint density at radius 2 is 1.70 bits per heavy atom. The quantitative estimate of drug-likeness (QED) is 0.820. The van der Waals surface area contributed by atoms with Crippen LogP contribution >= 0.6 is 0 Å². The number of halogens is 1. The zero-order valence-corrected chi connectivity index (χ0v) is 14.4. The first-order valence-corrected chi connectivity index (χ1v) is 9.39. The van der Waals surface area contributed by atoms with E-state index in [9.17, 15) is 17.6 Å². The fourth-order valence-electron chi connectivity index (χ4n) is 2.58. The average Bonchev–Trinajstić information content (AvgIpc) is 2.49. The molecule has 1 aliphatic heterocycles. The lowest BCUT2D eigenvalue weighted by atomic mass is 10.1. The molecule has 0 radical (unpaired) electrons. The second-order valence-electron chi connectivity index (χ2n) is 6.26. The van der Waals surface area contributed by atoms with Crippen LogP contribution in [0.2, 0.25) is 0 Å². The number of carbonyl (C=O) groups is 1. The second kappa shape index (κ2) is 7.40. The molecule has 0 bridgehead atoms. The molecular formula is C16H23FN2O3S. The number of piperazine rings is 1. The van der Waals surface area contributed by atoms with Gasteiger partial charge >= 0.3 is 0 Å². The minimum Gasteiger partial charge on any atom is -0.340 e. The molecule has 0 N–H and O–H groups in total. The van der Waals surface area contributed by atoms with Crippen LogP contribution in [0.25, 0.3) is 0 Å². The van der Waals surface area contributed by atoms with Gasteiger partial charge in [0.05, 0.1) is 5.75 Å². The maximum atomic E-state index is 12.9. The molecule has 1 aromatic rings. The van der Waals surface area contributed by atoms with E-state index in [0.29, 0.717) is 44.1 Å². The van der Waals surface area contributed by atoms with Gasteiger partial charge in [0.2, 0.25) is 15.9 Å². The van der Waals surface area contributed by atoms with Crippen molar-refractivity contribution in [3.63, 3.8) is 0 Å². The first kappa shape index (κ1) is 17.9. The summed E-state index contributed by atoms with van der Waals surface area (Å²) >= 11 is 0. The maximum Gasteiger partial charge on any atom is 0.222 e. The van der Waals surface area contributed by atoms with Crippen molar-refractivity contribution in [1.29, 1.82) is 0 Å². The third-order valence-corrected chi connectivity index (χ3v) is 5.68. The van der Waals surface area contributed by atoms with Gasteiger partial charge < -0.3 is 4.90 Å². The summed E-state index contributed by atoms with van der Waals surface area (Å²) in [4.78, 5) is 13.7. The van der Waals surface area contributed by atoms with Gasteiger partial charge in [-0.15, -0.1) is 0 Å². The Balaban J connectivity index is 1.93. The number of sulfonamides is 1. The second-order valence-corrected chi connectivity index (χ2v) is 8.23. The van der Waals surface area contributed by atoms with Gasteiger partial charge in [-0.2, -0.15) is 4.31 Å². The van der Waals surface area contributed by atoms with Crippen LogP contribution in [0.15, 0.2) is 24.3 Å². The molecule has 0 spiro atoms. The minimum atomic E-state index is -3.45. The number of rotatable bonds is 5. The van der Waals surface area contributed by atoms with Gasteiger partial charge in [-0.25, -0.2) is 12.8 Å². The summed E-state index contributed by atoms with van der Waals surface area (Å²) in [7, 11) is -3.45. The van der Waals surface area contributed by atoms with E-state index in [-0.39, 0.29) is 17.5 Å². The molecule has 7 heteroatoms. The zero-order chi connectivity index (χ0) is 17.0. The number of nitrogens with zero attached hydrogens (tertiary/aromatic N) is 2. The van der Waals surface area contributed by atoms with Crippen LogP contribution in [0.4, 0.5) is 4.39 Å². The molecule has 0 saturated carbocycles. The molecule has 1 aliphatic rings. The van der Waals surface area contributed by atoms with Crippen LogP contribution in [-0.4, -0.2) is 49.7 Å². The van der Waals surface area contributed by atoms with E-state index >= 15 is 0 Å². The van der Waals surface area contributed by atoms with Crippen LogP contribution in [0.5, 0.6) is 0 Å². The lowest BCUT2D eigenvalue weighted by Gasteiger charge is -2.34. The molecule has 5 nitrogen and oxygen atoms in total. The Hall–Kier alpha value is -1.47. The number of hydrogen-bond donors (Lipinski definition) is 0. The van der Waals surface area contributed by atoms with Crippen molar-refractivity contribution in [3.05, 3.63) is 35.6 Å². The van der Waals surface area contributed by atoms with Gasteiger partial charge in [0.1, 0.15) is 5.82 Å². The van der Waals surface area contributed by atoms with Crippen molar-refractivity contribution in [2.24, 2.45) is 5.92 Å². The molecule has 1 fully saturated rings. The van der Waals surface area contributed by atoms with Gasteiger partial charge in [-0.3, -0.25) is 4.79 Å². The SMILES string of the molecule is CC(C)CC(=O)N1CCN(S(=O)(=O)Cc2ccc(F)cc2)CC1. The third-order valence-electron chi connectivity index (χ3n) is 3.83. The predicted octanol–water partition coefficient (Wildman–Crippen LogP) is 1.85. The molecule has 1 saturated heterocycles. The van der Waals surface area contributed by atoms with Crippen LogP contribution in [0, 0.1) is 11.7 Å². The van der Waals surface area contributed by atoms with Crippen molar-refractivity contribution in [2.45, 2.75) is 26.0 Å². The average molecular weight is 342 g/mol. The summed E-state index contributed by atoms with van der Waals surface area (Å²) in [5, 5.41) is 0. The van der Waals surface area contributed by atoms with Gasteiger partial charge in [0.15, 0.2) is 0 Å². The molecule has 1 heterocycles. The van der Waals surface area contributed by atoms with Crippen LogP contribution < -0.4 is 0 Å². The summed E-state index contributed by atoms with van der Waals surface area (Å²) in [6.45, 7) is 5.45. The highest BCUT2D eigenvalue weighted by atomic mass is 32.2. The van der Waals surface area contributed by atoms with Crippen molar-refractivity contribution in [3.8, 4) is 0 Å². The smallest absolute Gasteiger partial charge is 0.222 e. The summed E-state index contributed by atoms with van der Waals surface area (Å²) in [5.41, 5.74) is 0.560. The molecule has 128 valence electrons. The summed E-state index contributed by atoms with van der Waals surface area (Å²) < 4.78 is 39.1. The standard InChI is InChI=1S/C16H23FN2O3S/c1-13(2)11-16(20)18-7-9-19(10-8-18)23(21,22)12-14-3-5-15(17)6-4-14/h3-6,13H,7-12H2,1-2H3. The van der Waals surface area contributed by atoms with Gasteiger partial charge in [-0.1, -0.05) is 26.0 Å². The molecule has 0 aliphatic carbocycles. The highest BCUT2D eigenvalue weighted by Crippen LogP contribution is 2.15. The highest BCUT2D eigenvalue weighted by molar-refractivity contribution is 7.88. The van der Waals surface area contributed by atoms with Gasteiger partial charge in [-0.05, 0) is 23.6 Å². The fourth-order valence-corrected chi connectivity index (χ4v) is 4.09. The molecule has 23 heavy (non-hydrogen) atoms. The van der Waals surface area contributed by atoms with Gasteiger partial charge in [0.25, 0.3) is 0 Å². The normalized spacial score (nSPS) is 16.8. The van der Waals surface area contributed by atoms with Crippen LogP contribution in [0.3, 0.4) is 0 Å². The monoisotopic (exact) mass is 342 g/mol. The van der Waals surface area contributed by atoms with E-state index in [4.69, 9.17) is 0 Å². The first-order chi connectivity index (χ1) is 10.8. The summed E-state index contributed by atoms with van der Waals surface area (Å²) in [6.07, 6.45) is 0.488. The lowest BCUT2D eigenvalue weighted by Crippen LogP contribution is -2.50. The molecule has 0 atom stereocenters. The van der Waals surface area contributed by atoms with E-state index in [2.05, 4.69) is 0 Å². The van der Waals surface area contributed by atoms with E-state index in [1.165, 1.54) is 28.6 Å². The molecular weight excluding hydrogens is 319 g/mol. The Labute approximate surface area is 137 Å². The molecule has 0 aromatic heterocycles. The highest BCUT2D eigenvalue weighted by Gasteiger charge is 2.28. The van der Waals surface area contributed by atoms with Gasteiger partial charge in [0, 0.05) is 32.6 Å². The molecule has 1 aromatic carbocycles. The Morgan fingerprint density at radius 1 is 1.13 bits per heavy atom. The number of hydrogen-bond acceptors (Lipinski definition) is 3. The predicted molar refractivity (Wildman–Crippen MR) is 86.6 cm³/mol. The fraction of sp³-hybridized carbons (Fsp3) is 0.562.